The quantitative estimate of drug-likeness (QED) is 0.742. The smallest absolute Gasteiger partial charge is 0.225 e. The molecular weight excluding hydrogens is 212 g/mol. The third-order valence-corrected chi connectivity index (χ3v) is 3.81. The Labute approximate surface area is 102 Å². The molecule has 0 unspecified atom stereocenters. The lowest BCUT2D eigenvalue weighted by Crippen LogP contribution is -2.45. The molecule has 1 atom stereocenters. The van der Waals surface area contributed by atoms with Gasteiger partial charge in [0, 0.05) is 13.1 Å². The molecule has 2 heterocycles. The number of anilines is 1. The number of hydrogen-bond acceptors (Lipinski definition) is 4. The number of nitrogens with zero attached hydrogens (tertiary/aromatic N) is 4. The first kappa shape index (κ1) is 11.8. The van der Waals surface area contributed by atoms with Crippen LogP contribution in [0.2, 0.25) is 0 Å². The Hall–Kier alpha value is -1.63. The van der Waals surface area contributed by atoms with E-state index < -0.39 is 0 Å². The van der Waals surface area contributed by atoms with Crippen LogP contribution >= 0.6 is 0 Å². The molecule has 0 saturated carbocycles. The molecule has 1 saturated heterocycles. The zero-order valence-electron chi connectivity index (χ0n) is 10.6. The summed E-state index contributed by atoms with van der Waals surface area (Å²) in [6.45, 7) is 8.84. The Morgan fingerprint density at radius 2 is 2.06 bits per heavy atom. The third-order valence-electron chi connectivity index (χ3n) is 3.81. The van der Waals surface area contributed by atoms with Crippen LogP contribution < -0.4 is 4.90 Å². The van der Waals surface area contributed by atoms with E-state index in [1.165, 1.54) is 0 Å². The van der Waals surface area contributed by atoms with Crippen molar-refractivity contribution in [2.75, 3.05) is 18.0 Å². The molecule has 0 aromatic carbocycles. The van der Waals surface area contributed by atoms with Gasteiger partial charge in [0.2, 0.25) is 5.95 Å². The lowest BCUT2D eigenvalue weighted by Gasteiger charge is -2.42. The number of aromatic nitrogens is 2. The van der Waals surface area contributed by atoms with Crippen LogP contribution in [-0.4, -0.2) is 23.1 Å². The summed E-state index contributed by atoms with van der Waals surface area (Å²) in [6, 6.07) is 2.04. The zero-order chi connectivity index (χ0) is 12.5. The highest BCUT2D eigenvalue weighted by molar-refractivity contribution is 5.34. The van der Waals surface area contributed by atoms with Crippen molar-refractivity contribution in [3.8, 4) is 6.07 Å². The number of piperidine rings is 1. The van der Waals surface area contributed by atoms with Gasteiger partial charge in [-0.2, -0.15) is 5.26 Å². The first-order chi connectivity index (χ1) is 8.03. The van der Waals surface area contributed by atoms with Crippen molar-refractivity contribution < 1.29 is 0 Å². The van der Waals surface area contributed by atoms with Gasteiger partial charge in [-0.3, -0.25) is 0 Å². The molecule has 4 nitrogen and oxygen atoms in total. The molecule has 1 aromatic heterocycles. The summed E-state index contributed by atoms with van der Waals surface area (Å²) >= 11 is 0. The molecule has 0 bridgehead atoms. The van der Waals surface area contributed by atoms with E-state index >= 15 is 0 Å². The summed E-state index contributed by atoms with van der Waals surface area (Å²) in [6.07, 6.45) is 4.34. The first-order valence-electron chi connectivity index (χ1n) is 6.00. The molecule has 17 heavy (non-hydrogen) atoms. The summed E-state index contributed by atoms with van der Waals surface area (Å²) in [5.41, 5.74) is 0.800. The standard InChI is InChI=1S/C13H18N4/c1-10-4-5-17(9-13(10,2)3)12-15-7-11(6-14)8-16-12/h7-8,10H,4-5,9H2,1-3H3/t10-/m1/s1. The summed E-state index contributed by atoms with van der Waals surface area (Å²) in [7, 11) is 0. The molecule has 90 valence electrons. The maximum Gasteiger partial charge on any atom is 0.225 e. The van der Waals surface area contributed by atoms with Gasteiger partial charge in [-0.1, -0.05) is 20.8 Å². The average Bonchev–Trinajstić information content (AvgIpc) is 2.33. The molecular formula is C13H18N4. The first-order valence-corrected chi connectivity index (χ1v) is 6.00. The fraction of sp³-hybridized carbons (Fsp3) is 0.615. The minimum atomic E-state index is 0.287. The minimum absolute atomic E-state index is 0.287. The van der Waals surface area contributed by atoms with E-state index in [1.54, 1.807) is 12.4 Å². The Morgan fingerprint density at radius 1 is 1.41 bits per heavy atom. The largest absolute Gasteiger partial charge is 0.340 e. The van der Waals surface area contributed by atoms with Crippen LogP contribution in [0.1, 0.15) is 32.8 Å². The Balaban J connectivity index is 2.15. The van der Waals surface area contributed by atoms with Crippen LogP contribution in [0.15, 0.2) is 12.4 Å². The number of hydrogen-bond donors (Lipinski definition) is 0. The van der Waals surface area contributed by atoms with Gasteiger partial charge in [0.05, 0.1) is 18.0 Å². The van der Waals surface area contributed by atoms with E-state index in [9.17, 15) is 0 Å². The fourth-order valence-corrected chi connectivity index (χ4v) is 2.18. The molecule has 0 radical (unpaired) electrons. The highest BCUT2D eigenvalue weighted by Crippen LogP contribution is 2.35. The molecule has 0 amide bonds. The van der Waals surface area contributed by atoms with Crippen LogP contribution in [0.3, 0.4) is 0 Å². The van der Waals surface area contributed by atoms with Crippen LogP contribution in [0.4, 0.5) is 5.95 Å². The molecule has 1 aliphatic rings. The van der Waals surface area contributed by atoms with E-state index in [4.69, 9.17) is 5.26 Å². The van der Waals surface area contributed by atoms with Gasteiger partial charge in [0.25, 0.3) is 0 Å². The SMILES string of the molecule is C[C@@H]1CCN(c2ncc(C#N)cn2)CC1(C)C. The average molecular weight is 230 g/mol. The highest BCUT2D eigenvalue weighted by atomic mass is 15.3. The molecule has 0 N–H and O–H groups in total. The maximum atomic E-state index is 8.71. The van der Waals surface area contributed by atoms with Gasteiger partial charge in [-0.05, 0) is 17.8 Å². The highest BCUT2D eigenvalue weighted by Gasteiger charge is 2.33. The van der Waals surface area contributed by atoms with Crippen molar-refractivity contribution in [3.05, 3.63) is 18.0 Å². The minimum Gasteiger partial charge on any atom is -0.340 e. The summed E-state index contributed by atoms with van der Waals surface area (Å²) in [5, 5.41) is 8.71. The number of rotatable bonds is 1. The Kier molecular flexibility index (Phi) is 3.01. The summed E-state index contributed by atoms with van der Waals surface area (Å²) < 4.78 is 0. The van der Waals surface area contributed by atoms with Gasteiger partial charge < -0.3 is 4.90 Å². The van der Waals surface area contributed by atoms with Crippen LogP contribution in [0, 0.1) is 22.7 Å². The molecule has 4 heteroatoms. The predicted octanol–water partition coefficient (Wildman–Crippen LogP) is 2.22. The van der Waals surface area contributed by atoms with Crippen molar-refractivity contribution in [1.29, 1.82) is 5.26 Å². The summed E-state index contributed by atoms with van der Waals surface area (Å²) in [5.74, 6) is 1.46. The van der Waals surface area contributed by atoms with Crippen molar-refractivity contribution >= 4 is 5.95 Å². The molecule has 1 fully saturated rings. The Morgan fingerprint density at radius 3 is 2.59 bits per heavy atom. The third kappa shape index (κ3) is 2.38. The van der Waals surface area contributed by atoms with E-state index in [2.05, 4.69) is 35.6 Å². The van der Waals surface area contributed by atoms with Gasteiger partial charge in [-0.25, -0.2) is 9.97 Å². The van der Waals surface area contributed by atoms with Crippen molar-refractivity contribution in [2.24, 2.45) is 11.3 Å². The molecule has 0 spiro atoms. The van der Waals surface area contributed by atoms with Gasteiger partial charge in [0.1, 0.15) is 6.07 Å². The van der Waals surface area contributed by atoms with E-state index in [0.717, 1.165) is 31.4 Å². The zero-order valence-corrected chi connectivity index (χ0v) is 10.6. The number of nitriles is 1. The van der Waals surface area contributed by atoms with Gasteiger partial charge in [-0.15, -0.1) is 0 Å². The Bertz CT molecular complexity index is 430. The molecule has 1 aliphatic heterocycles. The van der Waals surface area contributed by atoms with Crippen LogP contribution in [0.25, 0.3) is 0 Å². The molecule has 1 aromatic rings. The van der Waals surface area contributed by atoms with Crippen molar-refractivity contribution in [1.82, 2.24) is 9.97 Å². The van der Waals surface area contributed by atoms with Crippen LogP contribution in [-0.2, 0) is 0 Å². The van der Waals surface area contributed by atoms with Crippen molar-refractivity contribution in [2.45, 2.75) is 27.2 Å². The normalized spacial score (nSPS) is 23.2. The van der Waals surface area contributed by atoms with Gasteiger partial charge >= 0.3 is 0 Å². The molecule has 0 aliphatic carbocycles. The second-order valence-corrected chi connectivity index (χ2v) is 5.48. The van der Waals surface area contributed by atoms with Crippen molar-refractivity contribution in [3.63, 3.8) is 0 Å². The predicted molar refractivity (Wildman–Crippen MR) is 66.5 cm³/mol. The molecule has 2 rings (SSSR count). The van der Waals surface area contributed by atoms with E-state index in [0.29, 0.717) is 5.56 Å². The second kappa shape index (κ2) is 4.33. The topological polar surface area (TPSA) is 52.8 Å². The second-order valence-electron chi connectivity index (χ2n) is 5.48. The van der Waals surface area contributed by atoms with Gasteiger partial charge in [0.15, 0.2) is 0 Å². The van der Waals surface area contributed by atoms with E-state index in [-0.39, 0.29) is 5.41 Å². The lowest BCUT2D eigenvalue weighted by molar-refractivity contribution is 0.192. The summed E-state index contributed by atoms with van der Waals surface area (Å²) in [4.78, 5) is 10.7. The van der Waals surface area contributed by atoms with Crippen LogP contribution in [0.5, 0.6) is 0 Å². The van der Waals surface area contributed by atoms with E-state index in [1.807, 2.05) is 6.07 Å². The fourth-order valence-electron chi connectivity index (χ4n) is 2.18. The monoisotopic (exact) mass is 230 g/mol. The lowest BCUT2D eigenvalue weighted by atomic mass is 9.75. The maximum absolute atomic E-state index is 8.71.